The third-order valence-corrected chi connectivity index (χ3v) is 5.15. The molecule has 0 fully saturated rings. The molecule has 0 amide bonds. The minimum absolute atomic E-state index is 0. The summed E-state index contributed by atoms with van der Waals surface area (Å²) in [6.07, 6.45) is 0.0817. The first-order valence-electron chi connectivity index (χ1n) is 11.3. The molecule has 1 rings (SSSR count). The van der Waals surface area contributed by atoms with Crippen LogP contribution in [0.3, 0.4) is 0 Å². The maximum absolute atomic E-state index is 11.4. The molecule has 40 heavy (non-hydrogen) atoms. The third kappa shape index (κ3) is 20.5. The molecule has 0 N–H and O–H groups in total. The van der Waals surface area contributed by atoms with Crippen LogP contribution < -0.4 is 89.4 Å². The summed E-state index contributed by atoms with van der Waals surface area (Å²) in [5.41, 5.74) is 0.652. The van der Waals surface area contributed by atoms with Crippen LogP contribution in [0.5, 0.6) is 5.75 Å². The molecule has 0 saturated carbocycles. The summed E-state index contributed by atoms with van der Waals surface area (Å²) in [5.74, 6) is -7.21. The van der Waals surface area contributed by atoms with E-state index in [9.17, 15) is 49.5 Å². The maximum Gasteiger partial charge on any atom is 3.00 e. The molecule has 0 aliphatic rings. The van der Waals surface area contributed by atoms with E-state index in [4.69, 9.17) is 4.74 Å². The average molecular weight is 726 g/mol. The van der Waals surface area contributed by atoms with E-state index in [1.54, 1.807) is 31.2 Å². The topological polar surface area (TPSA) is 220 Å². The third-order valence-electron chi connectivity index (χ3n) is 5.15. The molecule has 0 saturated heterocycles. The Morgan fingerprint density at radius 3 is 1.50 bits per heavy atom. The van der Waals surface area contributed by atoms with E-state index in [0.29, 0.717) is 17.9 Å². The number of carbonyl (C=O) groups excluding carboxylic acids is 5. The SMILES string of the molecule is CCOc1ccc(CC(CN(CCN(CC(=O)[O-])CC(=O)[O-])CC(=O)[O-])N(CC(=O)[O-])CC(=O)[O-])cc1.[Gd+3].[Na+].[Na+]. The Hall–Kier alpha value is -0.425. The molecule has 14 nitrogen and oxygen atoms in total. The number of carbonyl (C=O) groups is 5. The molecule has 0 spiro atoms. The van der Waals surface area contributed by atoms with E-state index in [0.717, 1.165) is 9.80 Å². The van der Waals surface area contributed by atoms with Crippen molar-refractivity contribution < 1.29 is 153 Å². The van der Waals surface area contributed by atoms with Crippen LogP contribution in [0, 0.1) is 39.9 Å². The molecule has 0 heterocycles. The Morgan fingerprint density at radius 2 is 1.10 bits per heavy atom. The molecule has 0 aliphatic heterocycles. The van der Waals surface area contributed by atoms with Crippen LogP contribution in [-0.2, 0) is 30.4 Å². The number of nitrogens with zero attached hydrogens (tertiary/aromatic N) is 3. The smallest absolute Gasteiger partial charge is 0.549 e. The quantitative estimate of drug-likeness (QED) is 0.114. The van der Waals surface area contributed by atoms with Crippen molar-refractivity contribution in [2.24, 2.45) is 0 Å². The second-order valence-electron chi connectivity index (χ2n) is 8.15. The summed E-state index contributed by atoms with van der Waals surface area (Å²) >= 11 is 0. The molecule has 1 radical (unpaired) electrons. The Morgan fingerprint density at radius 1 is 0.700 bits per heavy atom. The standard InChI is InChI=1S/C23H33N3O11.Gd.2Na/c1-2-37-18-5-3-16(4-6-18)9-17(26(14-22(33)34)15-23(35)36)10-24(11-19(27)28)7-8-25(12-20(29)30)13-21(31)32;;;/h3-6,17H,2,7-15H2,1H3,(H,27,28)(H,29,30)(H,31,32)(H,33,34)(H,35,36);;;/q;+3;2*+1/p-5. The predicted molar refractivity (Wildman–Crippen MR) is 115 cm³/mol. The first kappa shape index (κ1) is 44.0. The van der Waals surface area contributed by atoms with E-state index in [2.05, 4.69) is 0 Å². The van der Waals surface area contributed by atoms with Gasteiger partial charge < -0.3 is 54.2 Å². The number of ether oxygens (including phenoxy) is 1. The molecule has 1 atom stereocenters. The number of hydrogen-bond acceptors (Lipinski definition) is 14. The summed E-state index contributed by atoms with van der Waals surface area (Å²) in [7, 11) is 0. The average Bonchev–Trinajstić information content (AvgIpc) is 2.76. The molecule has 1 aromatic rings. The largest absolute Gasteiger partial charge is 3.00 e. The van der Waals surface area contributed by atoms with E-state index < -0.39 is 68.6 Å². The molecule has 1 aromatic carbocycles. The van der Waals surface area contributed by atoms with E-state index in [1.165, 1.54) is 4.90 Å². The van der Waals surface area contributed by atoms with Gasteiger partial charge in [0.05, 0.1) is 36.5 Å². The van der Waals surface area contributed by atoms with Gasteiger partial charge in [-0.25, -0.2) is 0 Å². The van der Waals surface area contributed by atoms with Gasteiger partial charge in [-0.1, -0.05) is 12.1 Å². The van der Waals surface area contributed by atoms with Crippen molar-refractivity contribution in [1.29, 1.82) is 0 Å². The van der Waals surface area contributed by atoms with Gasteiger partial charge in [0, 0.05) is 58.4 Å². The van der Waals surface area contributed by atoms with E-state index >= 15 is 0 Å². The molecular formula is C23H28GdN3Na2O11. The number of hydrogen-bond donors (Lipinski definition) is 0. The Labute approximate surface area is 308 Å². The number of carboxylic acids is 5. The van der Waals surface area contributed by atoms with Crippen molar-refractivity contribution in [3.63, 3.8) is 0 Å². The molecular weight excluding hydrogens is 697 g/mol. The molecule has 17 heteroatoms. The summed E-state index contributed by atoms with van der Waals surface area (Å²) in [4.78, 5) is 59.1. The second-order valence-corrected chi connectivity index (χ2v) is 8.15. The number of rotatable bonds is 20. The molecule has 0 bridgehead atoms. The van der Waals surface area contributed by atoms with Crippen LogP contribution in [0.25, 0.3) is 0 Å². The van der Waals surface area contributed by atoms with Crippen molar-refractivity contribution in [1.82, 2.24) is 14.7 Å². The first-order valence-corrected chi connectivity index (χ1v) is 11.3. The summed E-state index contributed by atoms with van der Waals surface area (Å²) in [6, 6.07) is 5.80. The fourth-order valence-corrected chi connectivity index (χ4v) is 3.69. The normalized spacial score (nSPS) is 11.1. The van der Waals surface area contributed by atoms with Crippen molar-refractivity contribution in [2.45, 2.75) is 19.4 Å². The Balaban J connectivity index is -0.00000456. The van der Waals surface area contributed by atoms with Crippen LogP contribution in [-0.4, -0.2) is 110 Å². The van der Waals surface area contributed by atoms with Crippen molar-refractivity contribution in [3.05, 3.63) is 29.8 Å². The van der Waals surface area contributed by atoms with Gasteiger partial charge in [0.15, 0.2) is 0 Å². The Bertz CT molecular complexity index is 909. The van der Waals surface area contributed by atoms with Crippen molar-refractivity contribution >= 4 is 29.8 Å². The maximum atomic E-state index is 11.4. The molecule has 1 unspecified atom stereocenters. The van der Waals surface area contributed by atoms with Gasteiger partial charge in [-0.05, 0) is 31.0 Å². The zero-order valence-corrected chi connectivity index (χ0v) is 28.9. The Kier molecular flexibility index (Phi) is 26.5. The minimum atomic E-state index is -1.57. The zero-order valence-electron chi connectivity index (χ0n) is 22.6. The first-order chi connectivity index (χ1) is 17.4. The van der Waals surface area contributed by atoms with E-state index in [1.807, 2.05) is 0 Å². The summed E-state index contributed by atoms with van der Waals surface area (Å²) in [5, 5.41) is 55.9. The van der Waals surface area contributed by atoms with Gasteiger partial charge in [-0.15, -0.1) is 0 Å². The van der Waals surface area contributed by atoms with Crippen LogP contribution in [0.2, 0.25) is 0 Å². The van der Waals surface area contributed by atoms with Crippen molar-refractivity contribution in [2.75, 3.05) is 59.0 Å². The second kappa shape index (κ2) is 24.1. The van der Waals surface area contributed by atoms with Gasteiger partial charge in [0.1, 0.15) is 5.75 Å². The number of carboxylic acid groups (broad SMARTS) is 5. The van der Waals surface area contributed by atoms with Gasteiger partial charge >= 0.3 is 99.1 Å². The van der Waals surface area contributed by atoms with Gasteiger partial charge in [-0.3, -0.25) is 14.7 Å². The van der Waals surface area contributed by atoms with E-state index in [-0.39, 0.29) is 125 Å². The van der Waals surface area contributed by atoms with Crippen LogP contribution in [0.15, 0.2) is 24.3 Å². The van der Waals surface area contributed by atoms with Gasteiger partial charge in [0.2, 0.25) is 0 Å². The molecule has 0 aliphatic carbocycles. The fraction of sp³-hybridized carbons (Fsp3) is 0.522. The molecule has 211 valence electrons. The van der Waals surface area contributed by atoms with Crippen LogP contribution in [0.1, 0.15) is 12.5 Å². The number of aliphatic carboxylic acids is 5. The minimum Gasteiger partial charge on any atom is -0.549 e. The van der Waals surface area contributed by atoms with Crippen LogP contribution >= 0.6 is 0 Å². The van der Waals surface area contributed by atoms with Gasteiger partial charge in [0.25, 0.3) is 0 Å². The zero-order chi connectivity index (χ0) is 28.0. The van der Waals surface area contributed by atoms with Crippen molar-refractivity contribution in [3.8, 4) is 5.75 Å². The number of benzene rings is 1. The summed E-state index contributed by atoms with van der Waals surface area (Å²) in [6.45, 7) is -2.18. The monoisotopic (exact) mass is 726 g/mol. The van der Waals surface area contributed by atoms with Gasteiger partial charge in [-0.2, -0.15) is 0 Å². The fourth-order valence-electron chi connectivity index (χ4n) is 3.69. The predicted octanol–water partition coefficient (Wildman–Crippen LogP) is -13.3. The molecule has 0 aromatic heterocycles. The summed E-state index contributed by atoms with van der Waals surface area (Å²) < 4.78 is 5.38. The van der Waals surface area contributed by atoms with Crippen LogP contribution in [0.4, 0.5) is 0 Å².